The normalized spacial score (nSPS) is 10.5. The minimum atomic E-state index is -5.75. The van der Waals surface area contributed by atoms with Crippen LogP contribution in [-0.4, -0.2) is 0 Å². The molecule has 0 aliphatic heterocycles. The van der Waals surface area contributed by atoms with E-state index in [-0.39, 0.29) is 17.4 Å². The van der Waals surface area contributed by atoms with Crippen molar-refractivity contribution in [2.24, 2.45) is 0 Å². The zero-order valence-electron chi connectivity index (χ0n) is 4.49. The van der Waals surface area contributed by atoms with Gasteiger partial charge in [-0.15, -0.1) is 0 Å². The molecule has 0 spiro atoms. The molecule has 11 heteroatoms. The molecule has 0 bridgehead atoms. The summed E-state index contributed by atoms with van der Waals surface area (Å²) in [7, 11) is 0. The van der Waals surface area contributed by atoms with Gasteiger partial charge >= 0.3 is 76.4 Å². The van der Waals surface area contributed by atoms with E-state index in [1.807, 2.05) is 0 Å². The van der Waals surface area contributed by atoms with Gasteiger partial charge in [-0.3, -0.25) is 0 Å². The minimum absolute atomic E-state index is 0. The molecule has 0 unspecified atom stereocenters. The van der Waals surface area contributed by atoms with Crippen LogP contribution in [0.1, 0.15) is 0 Å². The standard InChI is InChI=1S/3Cr.8O/q;;+4;;;;;4*-1. The second-order valence-corrected chi connectivity index (χ2v) is 3.37. The van der Waals surface area contributed by atoms with E-state index in [9.17, 15) is 0 Å². The first-order valence-electron chi connectivity index (χ1n) is 1.33. The Labute approximate surface area is 76.4 Å². The van der Waals surface area contributed by atoms with Crippen molar-refractivity contribution < 1.29 is 76.4 Å². The number of hydrogen-bond donors (Lipinski definition) is 0. The molecule has 0 aromatic heterocycles. The third kappa shape index (κ3) is 1950. The predicted molar refractivity (Wildman–Crippen MR) is 2.75 cm³/mol. The second kappa shape index (κ2) is 6.19. The van der Waals surface area contributed by atoms with Crippen LogP contribution in [0, 0.1) is 0 Å². The SMILES string of the molecule is [Cr+4].[O]=[Cr](=[O])([O-])[O-].[O]=[Cr](=[O])([O-])[O-]. The third-order valence-corrected chi connectivity index (χ3v) is 0. The van der Waals surface area contributed by atoms with E-state index in [0.29, 0.717) is 0 Å². The molecule has 0 aromatic carbocycles. The average Bonchev–Trinajstić information content (AvgIpc) is 1.12. The topological polar surface area (TPSA) is 161 Å². The summed E-state index contributed by atoms with van der Waals surface area (Å²) in [4.78, 5) is 0. The molecule has 0 radical (unpaired) electrons. The monoisotopic (exact) mass is 284 g/mol. The Kier molecular flexibility index (Phi) is 9.93. The molecule has 0 fully saturated rings. The third-order valence-electron chi connectivity index (χ3n) is 0. The van der Waals surface area contributed by atoms with Crippen LogP contribution in [0.25, 0.3) is 0 Å². The van der Waals surface area contributed by atoms with Crippen LogP contribution in [0.2, 0.25) is 0 Å². The Balaban J connectivity index is -0.000000107. The van der Waals surface area contributed by atoms with Crippen LogP contribution in [0.4, 0.5) is 0 Å². The van der Waals surface area contributed by atoms with E-state index in [4.69, 9.17) is 31.8 Å². The summed E-state index contributed by atoms with van der Waals surface area (Å²) in [6.45, 7) is 0. The fourth-order valence-corrected chi connectivity index (χ4v) is 0. The summed E-state index contributed by atoms with van der Waals surface area (Å²) in [5, 5.41) is 0. The van der Waals surface area contributed by atoms with Crippen molar-refractivity contribution in [2.75, 3.05) is 0 Å². The Morgan fingerprint density at radius 2 is 0.636 bits per heavy atom. The van der Waals surface area contributed by atoms with Gasteiger partial charge in [0, 0.05) is 0 Å². The summed E-state index contributed by atoms with van der Waals surface area (Å²) in [5.41, 5.74) is 0. The Morgan fingerprint density at radius 1 is 0.636 bits per heavy atom. The van der Waals surface area contributed by atoms with Gasteiger partial charge in [0.2, 0.25) is 0 Å². The van der Waals surface area contributed by atoms with Crippen LogP contribution < -0.4 is 16.6 Å². The molecular formula is Cr3O8. The average molecular weight is 284 g/mol. The van der Waals surface area contributed by atoms with Gasteiger partial charge in [-0.2, -0.15) is 0 Å². The van der Waals surface area contributed by atoms with Crippen molar-refractivity contribution >= 4 is 0 Å². The molecule has 0 aromatic rings. The van der Waals surface area contributed by atoms with Gasteiger partial charge in [-0.1, -0.05) is 0 Å². The van der Waals surface area contributed by atoms with Crippen LogP contribution in [-0.2, 0) is 59.8 Å². The van der Waals surface area contributed by atoms with Crippen molar-refractivity contribution in [1.29, 1.82) is 0 Å². The molecule has 11 heavy (non-hydrogen) atoms. The molecule has 0 N–H and O–H groups in total. The van der Waals surface area contributed by atoms with Crippen LogP contribution >= 0.6 is 0 Å². The summed E-state index contributed by atoms with van der Waals surface area (Å²) in [5.74, 6) is 0. The van der Waals surface area contributed by atoms with Gasteiger partial charge in [-0.25, -0.2) is 0 Å². The first kappa shape index (κ1) is 17.7. The molecule has 0 amide bonds. The summed E-state index contributed by atoms with van der Waals surface area (Å²) < 4.78 is 68.8. The first-order valence-corrected chi connectivity index (χ1v) is 5.50. The van der Waals surface area contributed by atoms with Gasteiger partial charge in [0.25, 0.3) is 0 Å². The number of rotatable bonds is 0. The molecule has 0 atom stereocenters. The van der Waals surface area contributed by atoms with E-state index in [2.05, 4.69) is 0 Å². The zero-order chi connectivity index (χ0) is 9.00. The van der Waals surface area contributed by atoms with Crippen molar-refractivity contribution in [1.82, 2.24) is 0 Å². The van der Waals surface area contributed by atoms with Crippen molar-refractivity contribution in [3.8, 4) is 0 Å². The fraction of sp³-hybridized carbons (Fsp3) is 0. The summed E-state index contributed by atoms with van der Waals surface area (Å²) in [6.07, 6.45) is 0. The van der Waals surface area contributed by atoms with Crippen LogP contribution in [0.3, 0.4) is 0 Å². The number of hydrogen-bond acceptors (Lipinski definition) is 8. The summed E-state index contributed by atoms with van der Waals surface area (Å²) in [6, 6.07) is 0. The van der Waals surface area contributed by atoms with Crippen molar-refractivity contribution in [3.63, 3.8) is 0 Å². The molecule has 0 saturated heterocycles. The fourth-order valence-electron chi connectivity index (χ4n) is 0. The van der Waals surface area contributed by atoms with Gasteiger partial charge in [0.15, 0.2) is 0 Å². The summed E-state index contributed by atoms with van der Waals surface area (Å²) >= 11 is -11.5. The molecule has 66 valence electrons. The van der Waals surface area contributed by atoms with Crippen molar-refractivity contribution in [3.05, 3.63) is 0 Å². The zero-order valence-corrected chi connectivity index (χ0v) is 8.32. The van der Waals surface area contributed by atoms with Gasteiger partial charge in [0.05, 0.1) is 0 Å². The van der Waals surface area contributed by atoms with Crippen LogP contribution in [0.15, 0.2) is 0 Å². The molecule has 8 nitrogen and oxygen atoms in total. The molecule has 0 heterocycles. The molecule has 0 aliphatic carbocycles. The Bertz CT molecular complexity index is 206. The van der Waals surface area contributed by atoms with E-state index < -0.39 is 27.2 Å². The molecular weight excluding hydrogens is 284 g/mol. The van der Waals surface area contributed by atoms with E-state index in [1.165, 1.54) is 0 Å². The van der Waals surface area contributed by atoms with Crippen molar-refractivity contribution in [2.45, 2.75) is 0 Å². The predicted octanol–water partition coefficient (Wildman–Crippen LogP) is -5.24. The molecule has 0 saturated carbocycles. The van der Waals surface area contributed by atoms with E-state index >= 15 is 0 Å². The Morgan fingerprint density at radius 3 is 0.636 bits per heavy atom. The first-order chi connectivity index (χ1) is 4.00. The van der Waals surface area contributed by atoms with E-state index in [1.54, 1.807) is 0 Å². The second-order valence-electron chi connectivity index (χ2n) is 0.816. The van der Waals surface area contributed by atoms with E-state index in [0.717, 1.165) is 0 Å². The maximum absolute atomic E-state index is 8.59. The van der Waals surface area contributed by atoms with Crippen LogP contribution in [0.5, 0.6) is 0 Å². The quantitative estimate of drug-likeness (QED) is 0.426. The maximum atomic E-state index is 8.59. The van der Waals surface area contributed by atoms with Gasteiger partial charge in [-0.05, 0) is 0 Å². The molecule has 0 rings (SSSR count). The van der Waals surface area contributed by atoms with Gasteiger partial charge < -0.3 is 0 Å². The molecule has 0 aliphatic rings. The Hall–Kier alpha value is 0.637. The van der Waals surface area contributed by atoms with Gasteiger partial charge in [0.1, 0.15) is 0 Å².